The molecule has 18 nitrogen and oxygen atoms in total. The Balaban J connectivity index is 0.837. The summed E-state index contributed by atoms with van der Waals surface area (Å²) in [5.74, 6) is 0.729. The Hall–Kier alpha value is -8.41. The zero-order chi connectivity index (χ0) is 50.2. The number of alkyl carbamates (subject to hydrolysis) is 1. The van der Waals surface area contributed by atoms with Crippen LogP contribution in [0.3, 0.4) is 0 Å². The molecule has 4 aliphatic rings. The van der Waals surface area contributed by atoms with E-state index in [0.29, 0.717) is 70.4 Å². The fourth-order valence-electron chi connectivity index (χ4n) is 8.46. The summed E-state index contributed by atoms with van der Waals surface area (Å²) >= 11 is 0. The number of hydrogen-bond acceptors (Lipinski definition) is 13. The molecule has 3 atom stereocenters. The zero-order valence-corrected chi connectivity index (χ0v) is 40.1. The van der Waals surface area contributed by atoms with Gasteiger partial charge in [-0.3, -0.25) is 29.2 Å². The monoisotopic (exact) mass is 965 g/mol. The maximum atomic E-state index is 14.0. The number of ether oxygens (including phenoxy) is 6. The van der Waals surface area contributed by atoms with Gasteiger partial charge in [-0.25, -0.2) is 4.79 Å². The molecule has 18 heteroatoms. The summed E-state index contributed by atoms with van der Waals surface area (Å²) in [4.78, 5) is 78.1. The Morgan fingerprint density at radius 1 is 0.732 bits per heavy atom. The molecule has 0 saturated heterocycles. The number of fused-ring (bicyclic) bond motifs is 4. The van der Waals surface area contributed by atoms with E-state index in [9.17, 15) is 24.0 Å². The van der Waals surface area contributed by atoms with Crippen LogP contribution in [0.4, 0.5) is 21.9 Å². The van der Waals surface area contributed by atoms with Crippen LogP contribution < -0.4 is 39.6 Å². The van der Waals surface area contributed by atoms with Crippen LogP contribution in [0.2, 0.25) is 0 Å². The number of amides is 5. The van der Waals surface area contributed by atoms with Gasteiger partial charge in [0.1, 0.15) is 18.4 Å². The van der Waals surface area contributed by atoms with Crippen molar-refractivity contribution in [3.05, 3.63) is 120 Å². The van der Waals surface area contributed by atoms with Crippen LogP contribution in [0.25, 0.3) is 11.1 Å². The van der Waals surface area contributed by atoms with Crippen molar-refractivity contribution in [2.45, 2.75) is 51.2 Å². The van der Waals surface area contributed by atoms with Gasteiger partial charge in [-0.05, 0) is 64.6 Å². The molecule has 4 aromatic carbocycles. The first-order chi connectivity index (χ1) is 34.4. The summed E-state index contributed by atoms with van der Waals surface area (Å²) in [5.41, 5.74) is 6.01. The van der Waals surface area contributed by atoms with Gasteiger partial charge < -0.3 is 54.2 Å². The van der Waals surface area contributed by atoms with Crippen molar-refractivity contribution in [2.24, 2.45) is 15.9 Å². The molecule has 4 aromatic rings. The molecule has 71 heavy (non-hydrogen) atoms. The Labute approximate surface area is 411 Å². The Morgan fingerprint density at radius 2 is 1.25 bits per heavy atom. The summed E-state index contributed by atoms with van der Waals surface area (Å²) in [6, 6.07) is 20.2. The SMILES string of the molecule is C=CCOC(=O)NC(C(=O)NCC(=O)Nc1ccc(C2=CN3C(=O)c4cc(OC)c(OCCCOc5cc6c(cc5OC)C(=O)N5C=C(c7ccc(OC)cc7)CC5C=N6)cc4N=CC3C2)cc1)C(C)C. The smallest absolute Gasteiger partial charge is 0.408 e. The van der Waals surface area contributed by atoms with Gasteiger partial charge in [0.15, 0.2) is 23.0 Å². The van der Waals surface area contributed by atoms with Crippen LogP contribution in [-0.4, -0.2) is 118 Å². The molecule has 0 radical (unpaired) electrons. The number of methoxy groups -OCH3 is 3. The van der Waals surface area contributed by atoms with E-state index in [1.807, 2.05) is 48.8 Å². The number of carbonyl (C=O) groups is 5. The van der Waals surface area contributed by atoms with Crippen molar-refractivity contribution < 1.29 is 52.4 Å². The second-order valence-electron chi connectivity index (χ2n) is 17.2. The zero-order valence-electron chi connectivity index (χ0n) is 40.1. The Bertz CT molecular complexity index is 2840. The summed E-state index contributed by atoms with van der Waals surface area (Å²) < 4.78 is 33.8. The van der Waals surface area contributed by atoms with E-state index in [1.165, 1.54) is 20.3 Å². The largest absolute Gasteiger partial charge is 0.497 e. The van der Waals surface area contributed by atoms with E-state index < -0.39 is 23.9 Å². The van der Waals surface area contributed by atoms with Crippen molar-refractivity contribution in [1.29, 1.82) is 0 Å². The minimum Gasteiger partial charge on any atom is -0.497 e. The van der Waals surface area contributed by atoms with Crippen LogP contribution in [0.15, 0.2) is 108 Å². The lowest BCUT2D eigenvalue weighted by atomic mass is 10.0. The number of anilines is 1. The lowest BCUT2D eigenvalue weighted by molar-refractivity contribution is -0.126. The fourth-order valence-corrected chi connectivity index (χ4v) is 8.46. The molecule has 3 unspecified atom stereocenters. The van der Waals surface area contributed by atoms with E-state index in [0.717, 1.165) is 28.0 Å². The van der Waals surface area contributed by atoms with Crippen LogP contribution in [0, 0.1) is 5.92 Å². The molecule has 0 bridgehead atoms. The van der Waals surface area contributed by atoms with Crippen molar-refractivity contribution >= 4 is 70.4 Å². The number of nitrogens with one attached hydrogen (secondary N) is 3. The van der Waals surface area contributed by atoms with E-state index >= 15 is 0 Å². The van der Waals surface area contributed by atoms with Crippen molar-refractivity contribution in [3.8, 4) is 28.7 Å². The molecule has 368 valence electrons. The first-order valence-corrected chi connectivity index (χ1v) is 23.1. The highest BCUT2D eigenvalue weighted by molar-refractivity contribution is 6.06. The number of carbonyl (C=O) groups excluding carboxylic acids is 5. The summed E-state index contributed by atoms with van der Waals surface area (Å²) in [5, 5.41) is 7.83. The molecular weight excluding hydrogens is 911 g/mol. The van der Waals surface area contributed by atoms with Crippen molar-refractivity contribution in [1.82, 2.24) is 20.4 Å². The highest BCUT2D eigenvalue weighted by atomic mass is 16.5. The lowest BCUT2D eigenvalue weighted by Crippen LogP contribution is -2.51. The number of aliphatic imine (C=N–C) groups is 2. The fraction of sp³-hybridized carbons (Fsp3) is 0.302. The summed E-state index contributed by atoms with van der Waals surface area (Å²) in [6.07, 6.45) is 9.50. The van der Waals surface area contributed by atoms with Gasteiger partial charge in [-0.2, -0.15) is 0 Å². The highest BCUT2D eigenvalue weighted by Gasteiger charge is 2.35. The molecule has 4 aliphatic heterocycles. The molecule has 3 N–H and O–H groups in total. The molecule has 0 aliphatic carbocycles. The maximum Gasteiger partial charge on any atom is 0.408 e. The normalized spacial score (nSPS) is 16.8. The Morgan fingerprint density at radius 3 is 1.73 bits per heavy atom. The van der Waals surface area contributed by atoms with E-state index in [-0.39, 0.29) is 56.2 Å². The van der Waals surface area contributed by atoms with Crippen LogP contribution in [0.1, 0.15) is 65.0 Å². The van der Waals surface area contributed by atoms with Gasteiger partial charge in [0, 0.05) is 61.9 Å². The molecule has 4 heterocycles. The van der Waals surface area contributed by atoms with E-state index in [4.69, 9.17) is 38.4 Å². The lowest BCUT2D eigenvalue weighted by Gasteiger charge is -2.21. The van der Waals surface area contributed by atoms with Crippen LogP contribution in [-0.2, 0) is 14.3 Å². The topological polar surface area (TPSA) is 208 Å². The van der Waals surface area contributed by atoms with E-state index in [2.05, 4.69) is 22.5 Å². The van der Waals surface area contributed by atoms with Gasteiger partial charge >= 0.3 is 6.09 Å². The average Bonchev–Trinajstić information content (AvgIpc) is 3.96. The molecule has 0 aromatic heterocycles. The third kappa shape index (κ3) is 11.1. The molecule has 0 fully saturated rings. The van der Waals surface area contributed by atoms with E-state index in [1.54, 1.807) is 79.6 Å². The minimum atomic E-state index is -0.901. The molecule has 0 saturated carbocycles. The average molecular weight is 966 g/mol. The number of hydrogen-bond donors (Lipinski definition) is 3. The summed E-state index contributed by atoms with van der Waals surface area (Å²) in [7, 11) is 4.66. The second-order valence-corrected chi connectivity index (χ2v) is 17.2. The second kappa shape index (κ2) is 21.9. The standard InChI is InChI=1S/C53H55N7O11/c1-7-17-71-53(65)58-49(31(2)3)50(62)56-28-48(61)57-36-13-9-32(10-14-36)34-20-37-26-54-42-24-46(44(67-5)22-40(42)51(63)59(37)29-34)69-18-8-19-70-47-25-43-41(23-45(47)68-6)52(64)60-30-35(21-38(60)27-55-43)33-11-15-39(66-4)16-12-33/h7,9-16,22-27,29-31,37-38,49H,1,8,17-21,28H2,2-6H3,(H,56,62)(H,57,61)(H,58,65). The minimum absolute atomic E-state index is 0.00187. The third-order valence-electron chi connectivity index (χ3n) is 12.2. The van der Waals surface area contributed by atoms with Gasteiger partial charge in [0.25, 0.3) is 11.8 Å². The quantitative estimate of drug-likeness (QED) is 0.0620. The van der Waals surface area contributed by atoms with Crippen LogP contribution >= 0.6 is 0 Å². The molecular formula is C53H55N7O11. The van der Waals surface area contributed by atoms with Gasteiger partial charge in [-0.1, -0.05) is 50.8 Å². The summed E-state index contributed by atoms with van der Waals surface area (Å²) in [6.45, 7) is 7.22. The maximum absolute atomic E-state index is 14.0. The predicted octanol–water partition coefficient (Wildman–Crippen LogP) is 7.49. The van der Waals surface area contributed by atoms with Crippen molar-refractivity contribution in [3.63, 3.8) is 0 Å². The molecule has 5 amide bonds. The number of rotatable bonds is 19. The number of nitrogens with zero attached hydrogens (tertiary/aromatic N) is 4. The van der Waals surface area contributed by atoms with Gasteiger partial charge in [0.05, 0.1) is 75.7 Å². The van der Waals surface area contributed by atoms with Crippen LogP contribution in [0.5, 0.6) is 28.7 Å². The first kappa shape index (κ1) is 49.0. The third-order valence-corrected chi connectivity index (χ3v) is 12.2. The molecule has 8 rings (SSSR count). The molecule has 0 spiro atoms. The highest BCUT2D eigenvalue weighted by Crippen LogP contribution is 2.42. The number of benzene rings is 4. The Kier molecular flexibility index (Phi) is 15.1. The predicted molar refractivity (Wildman–Crippen MR) is 267 cm³/mol. The van der Waals surface area contributed by atoms with Crippen molar-refractivity contribution in [2.75, 3.05) is 53.0 Å². The van der Waals surface area contributed by atoms with Gasteiger partial charge in [0.2, 0.25) is 11.8 Å². The first-order valence-electron chi connectivity index (χ1n) is 23.1. The van der Waals surface area contributed by atoms with Gasteiger partial charge in [-0.15, -0.1) is 0 Å².